The Hall–Kier alpha value is -1.58. The second-order valence-corrected chi connectivity index (χ2v) is 8.01. The van der Waals surface area contributed by atoms with Crippen LogP contribution in [0.15, 0.2) is 18.2 Å². The summed E-state index contributed by atoms with van der Waals surface area (Å²) < 4.78 is 28.9. The monoisotopic (exact) mass is 329 g/mol. The standard InChI is InChI=1S/C14H16ClNO4S/c1-14(2,3)20-13(17)9-21(18,19)8-11-5-4-10(7-16)6-12(11)15/h4-6H,8-9H2,1-3H3. The first-order valence-corrected chi connectivity index (χ1v) is 8.33. The first-order valence-electron chi connectivity index (χ1n) is 6.13. The molecule has 0 aromatic heterocycles. The lowest BCUT2D eigenvalue weighted by molar-refractivity contribution is -0.151. The highest BCUT2D eigenvalue weighted by Crippen LogP contribution is 2.20. The first-order chi connectivity index (χ1) is 9.52. The summed E-state index contributed by atoms with van der Waals surface area (Å²) in [6.07, 6.45) is 0. The molecule has 0 fully saturated rings. The molecule has 114 valence electrons. The van der Waals surface area contributed by atoms with Gasteiger partial charge in [-0.2, -0.15) is 5.26 Å². The number of nitriles is 1. The molecule has 0 N–H and O–H groups in total. The number of esters is 1. The molecule has 0 unspecified atom stereocenters. The minimum absolute atomic E-state index is 0.182. The van der Waals surface area contributed by atoms with Crippen molar-refractivity contribution in [3.8, 4) is 6.07 Å². The Balaban J connectivity index is 2.82. The summed E-state index contributed by atoms with van der Waals surface area (Å²) in [7, 11) is -3.69. The fourth-order valence-electron chi connectivity index (χ4n) is 1.57. The summed E-state index contributed by atoms with van der Waals surface area (Å²) >= 11 is 5.93. The van der Waals surface area contributed by atoms with Gasteiger partial charge in [0, 0.05) is 5.02 Å². The van der Waals surface area contributed by atoms with E-state index >= 15 is 0 Å². The Morgan fingerprint density at radius 1 is 1.38 bits per heavy atom. The second-order valence-electron chi connectivity index (χ2n) is 5.54. The number of sulfone groups is 1. The van der Waals surface area contributed by atoms with E-state index in [2.05, 4.69) is 0 Å². The van der Waals surface area contributed by atoms with Crippen LogP contribution < -0.4 is 0 Å². The highest BCUT2D eigenvalue weighted by Gasteiger charge is 2.23. The third kappa shape index (κ3) is 6.15. The predicted molar refractivity (Wildman–Crippen MR) is 79.5 cm³/mol. The van der Waals surface area contributed by atoms with Crippen molar-refractivity contribution in [2.75, 3.05) is 5.75 Å². The topological polar surface area (TPSA) is 84.2 Å². The van der Waals surface area contributed by atoms with Crippen LogP contribution in [-0.2, 0) is 25.1 Å². The van der Waals surface area contributed by atoms with Crippen LogP contribution in [0.3, 0.4) is 0 Å². The van der Waals surface area contributed by atoms with E-state index in [1.165, 1.54) is 18.2 Å². The maximum Gasteiger partial charge on any atom is 0.321 e. The number of halogens is 1. The van der Waals surface area contributed by atoms with Crippen LogP contribution in [0.25, 0.3) is 0 Å². The Labute approximate surface area is 129 Å². The van der Waals surface area contributed by atoms with E-state index in [4.69, 9.17) is 21.6 Å². The van der Waals surface area contributed by atoms with Crippen LogP contribution in [0.1, 0.15) is 31.9 Å². The van der Waals surface area contributed by atoms with Gasteiger partial charge in [0.1, 0.15) is 11.4 Å². The molecule has 0 amide bonds. The Bertz CT molecular complexity index is 684. The Morgan fingerprint density at radius 3 is 2.48 bits per heavy atom. The van der Waals surface area contributed by atoms with Gasteiger partial charge in [0.05, 0.1) is 17.4 Å². The normalized spacial score (nSPS) is 11.8. The fraction of sp³-hybridized carbons (Fsp3) is 0.429. The molecular formula is C14H16ClNO4S. The van der Waals surface area contributed by atoms with Crippen LogP contribution in [0.5, 0.6) is 0 Å². The number of hydrogen-bond donors (Lipinski definition) is 0. The molecular weight excluding hydrogens is 314 g/mol. The van der Waals surface area contributed by atoms with Gasteiger partial charge in [-0.1, -0.05) is 17.7 Å². The predicted octanol–water partition coefficient (Wildman–Crippen LogP) is 2.47. The molecule has 1 rings (SSSR count). The molecule has 0 aliphatic rings. The van der Waals surface area contributed by atoms with E-state index < -0.39 is 27.2 Å². The summed E-state index contributed by atoms with van der Waals surface area (Å²) in [5, 5.41) is 8.91. The molecule has 0 radical (unpaired) electrons. The molecule has 1 aromatic carbocycles. The van der Waals surface area contributed by atoms with Crippen molar-refractivity contribution in [3.05, 3.63) is 34.3 Å². The van der Waals surface area contributed by atoms with Gasteiger partial charge in [0.15, 0.2) is 9.84 Å². The van der Waals surface area contributed by atoms with Gasteiger partial charge in [-0.15, -0.1) is 0 Å². The SMILES string of the molecule is CC(C)(C)OC(=O)CS(=O)(=O)Cc1ccc(C#N)cc1Cl. The highest BCUT2D eigenvalue weighted by molar-refractivity contribution is 7.91. The lowest BCUT2D eigenvalue weighted by atomic mass is 10.2. The van der Waals surface area contributed by atoms with Crippen molar-refractivity contribution in [3.63, 3.8) is 0 Å². The minimum Gasteiger partial charge on any atom is -0.459 e. The lowest BCUT2D eigenvalue weighted by Crippen LogP contribution is -2.29. The van der Waals surface area contributed by atoms with E-state index in [9.17, 15) is 13.2 Å². The molecule has 0 saturated heterocycles. The van der Waals surface area contributed by atoms with Crippen molar-refractivity contribution < 1.29 is 17.9 Å². The van der Waals surface area contributed by atoms with Crippen molar-refractivity contribution in [1.29, 1.82) is 5.26 Å². The van der Waals surface area contributed by atoms with Gasteiger partial charge in [-0.3, -0.25) is 4.79 Å². The number of carbonyl (C=O) groups is 1. The van der Waals surface area contributed by atoms with Gasteiger partial charge < -0.3 is 4.74 Å². The van der Waals surface area contributed by atoms with Crippen LogP contribution in [0.2, 0.25) is 5.02 Å². The largest absolute Gasteiger partial charge is 0.459 e. The molecule has 21 heavy (non-hydrogen) atoms. The minimum atomic E-state index is -3.69. The smallest absolute Gasteiger partial charge is 0.321 e. The third-order valence-corrected chi connectivity index (χ3v) is 4.09. The maximum absolute atomic E-state index is 12.0. The molecule has 0 aliphatic carbocycles. The summed E-state index contributed by atoms with van der Waals surface area (Å²) in [6, 6.07) is 6.24. The van der Waals surface area contributed by atoms with Gasteiger partial charge in [0.2, 0.25) is 0 Å². The van der Waals surface area contributed by atoms with E-state index in [0.717, 1.165) is 0 Å². The zero-order valence-electron chi connectivity index (χ0n) is 12.0. The molecule has 0 spiro atoms. The van der Waals surface area contributed by atoms with Gasteiger partial charge in [-0.05, 0) is 38.5 Å². The first kappa shape index (κ1) is 17.5. The van der Waals surface area contributed by atoms with Crippen molar-refractivity contribution in [2.45, 2.75) is 32.1 Å². The average molecular weight is 330 g/mol. The maximum atomic E-state index is 12.0. The second kappa shape index (κ2) is 6.46. The van der Waals surface area contributed by atoms with E-state index in [0.29, 0.717) is 11.1 Å². The summed E-state index contributed by atoms with van der Waals surface area (Å²) in [5.74, 6) is -1.88. The molecule has 5 nitrogen and oxygen atoms in total. The number of hydrogen-bond acceptors (Lipinski definition) is 5. The molecule has 7 heteroatoms. The number of nitrogens with zero attached hydrogens (tertiary/aromatic N) is 1. The number of carbonyl (C=O) groups excluding carboxylic acids is 1. The summed E-state index contributed by atoms with van der Waals surface area (Å²) in [5.41, 5.74) is -0.0499. The summed E-state index contributed by atoms with van der Waals surface area (Å²) in [6.45, 7) is 4.99. The van der Waals surface area contributed by atoms with Crippen molar-refractivity contribution >= 4 is 27.4 Å². The van der Waals surface area contributed by atoms with Gasteiger partial charge in [0.25, 0.3) is 0 Å². The number of benzene rings is 1. The Morgan fingerprint density at radius 2 is 2.00 bits per heavy atom. The van der Waals surface area contributed by atoms with Crippen LogP contribution in [0, 0.1) is 11.3 Å². The van der Waals surface area contributed by atoms with Gasteiger partial charge >= 0.3 is 5.97 Å². The van der Waals surface area contributed by atoms with Gasteiger partial charge in [-0.25, -0.2) is 8.42 Å². The van der Waals surface area contributed by atoms with Crippen molar-refractivity contribution in [1.82, 2.24) is 0 Å². The van der Waals surface area contributed by atoms with Crippen LogP contribution in [0.4, 0.5) is 0 Å². The molecule has 0 saturated carbocycles. The van der Waals surface area contributed by atoms with Crippen LogP contribution in [-0.4, -0.2) is 25.7 Å². The van der Waals surface area contributed by atoms with E-state index in [1.807, 2.05) is 6.07 Å². The number of rotatable bonds is 4. The van der Waals surface area contributed by atoms with Crippen molar-refractivity contribution in [2.24, 2.45) is 0 Å². The quantitative estimate of drug-likeness (QED) is 0.792. The summed E-state index contributed by atoms with van der Waals surface area (Å²) in [4.78, 5) is 11.6. The van der Waals surface area contributed by atoms with E-state index in [-0.39, 0.29) is 10.8 Å². The fourth-order valence-corrected chi connectivity index (χ4v) is 3.14. The Kier molecular flexibility index (Phi) is 5.37. The molecule has 0 heterocycles. The molecule has 0 bridgehead atoms. The molecule has 0 aliphatic heterocycles. The zero-order chi connectivity index (χ0) is 16.3. The zero-order valence-corrected chi connectivity index (χ0v) is 13.6. The molecule has 1 aromatic rings. The lowest BCUT2D eigenvalue weighted by Gasteiger charge is -2.19. The van der Waals surface area contributed by atoms with E-state index in [1.54, 1.807) is 20.8 Å². The van der Waals surface area contributed by atoms with Crippen LogP contribution >= 0.6 is 11.6 Å². The third-order valence-electron chi connectivity index (χ3n) is 2.32. The average Bonchev–Trinajstić information content (AvgIpc) is 2.28. The molecule has 0 atom stereocenters. The highest BCUT2D eigenvalue weighted by atomic mass is 35.5. The number of ether oxygens (including phenoxy) is 1.